The molecule has 0 saturated carbocycles. The number of rotatable bonds is 3. The highest BCUT2D eigenvalue weighted by Crippen LogP contribution is 2.37. The third-order valence-corrected chi connectivity index (χ3v) is 3.93. The minimum atomic E-state index is -1.22. The summed E-state index contributed by atoms with van der Waals surface area (Å²) in [6.07, 6.45) is -1.22. The zero-order chi connectivity index (χ0) is 14.9. The molecule has 0 aliphatic rings. The fourth-order valence-corrected chi connectivity index (χ4v) is 2.69. The summed E-state index contributed by atoms with van der Waals surface area (Å²) in [6, 6.07) is 7.26. The number of aliphatic hydroxyl groups is 1. The molecule has 0 aliphatic heterocycles. The first-order valence-corrected chi connectivity index (χ1v) is 7.15. The van der Waals surface area contributed by atoms with E-state index in [4.69, 9.17) is 27.9 Å². The van der Waals surface area contributed by atoms with Crippen LogP contribution < -0.4 is 4.74 Å². The van der Waals surface area contributed by atoms with E-state index in [0.717, 1.165) is 0 Å². The summed E-state index contributed by atoms with van der Waals surface area (Å²) < 4.78 is 19.5. The van der Waals surface area contributed by atoms with E-state index in [-0.39, 0.29) is 10.6 Å². The van der Waals surface area contributed by atoms with Crippen molar-refractivity contribution in [3.05, 3.63) is 61.8 Å². The van der Waals surface area contributed by atoms with E-state index in [0.29, 0.717) is 20.8 Å². The van der Waals surface area contributed by atoms with E-state index in [1.165, 1.54) is 31.4 Å². The third kappa shape index (κ3) is 3.09. The number of aliphatic hydroxyl groups excluding tert-OH is 1. The molecule has 2 aromatic carbocycles. The van der Waals surface area contributed by atoms with Gasteiger partial charge in [-0.2, -0.15) is 0 Å². The molecule has 0 bridgehead atoms. The van der Waals surface area contributed by atoms with Gasteiger partial charge in [-0.3, -0.25) is 0 Å². The van der Waals surface area contributed by atoms with Gasteiger partial charge < -0.3 is 9.84 Å². The molecule has 1 unspecified atom stereocenters. The van der Waals surface area contributed by atoms with Crippen molar-refractivity contribution in [2.75, 3.05) is 7.11 Å². The molecule has 106 valence electrons. The third-order valence-electron chi connectivity index (χ3n) is 2.82. The van der Waals surface area contributed by atoms with Crippen LogP contribution in [0.4, 0.5) is 4.39 Å². The van der Waals surface area contributed by atoms with Gasteiger partial charge in [0, 0.05) is 21.7 Å². The fraction of sp³-hybridized carbons (Fsp3) is 0.143. The Hall–Kier alpha value is -0.810. The van der Waals surface area contributed by atoms with Crippen LogP contribution in [-0.2, 0) is 0 Å². The Morgan fingerprint density at radius 3 is 2.50 bits per heavy atom. The van der Waals surface area contributed by atoms with Crippen LogP contribution >= 0.6 is 39.1 Å². The van der Waals surface area contributed by atoms with E-state index in [1.54, 1.807) is 6.07 Å². The largest absolute Gasteiger partial charge is 0.495 e. The second-order valence-corrected chi connectivity index (χ2v) is 5.81. The zero-order valence-corrected chi connectivity index (χ0v) is 13.4. The van der Waals surface area contributed by atoms with Crippen LogP contribution in [0.5, 0.6) is 5.75 Å². The van der Waals surface area contributed by atoms with Gasteiger partial charge in [-0.25, -0.2) is 4.39 Å². The van der Waals surface area contributed by atoms with E-state index in [2.05, 4.69) is 15.9 Å². The second-order valence-electron chi connectivity index (χ2n) is 4.08. The first-order valence-electron chi connectivity index (χ1n) is 5.60. The van der Waals surface area contributed by atoms with Crippen molar-refractivity contribution in [2.24, 2.45) is 0 Å². The van der Waals surface area contributed by atoms with Crippen LogP contribution in [-0.4, -0.2) is 12.2 Å². The van der Waals surface area contributed by atoms with Crippen LogP contribution in [0.1, 0.15) is 17.2 Å². The van der Waals surface area contributed by atoms with E-state index >= 15 is 0 Å². The minimum Gasteiger partial charge on any atom is -0.495 e. The lowest BCUT2D eigenvalue weighted by atomic mass is 10.0. The monoisotopic (exact) mass is 378 g/mol. The number of hydrogen-bond acceptors (Lipinski definition) is 2. The molecule has 0 spiro atoms. The topological polar surface area (TPSA) is 29.5 Å². The average molecular weight is 380 g/mol. The van der Waals surface area contributed by atoms with Crippen LogP contribution in [0.3, 0.4) is 0 Å². The Bertz CT molecular complexity index is 649. The maximum Gasteiger partial charge on any atom is 0.138 e. The van der Waals surface area contributed by atoms with Crippen molar-refractivity contribution >= 4 is 39.1 Å². The lowest BCUT2D eigenvalue weighted by Crippen LogP contribution is -2.04. The lowest BCUT2D eigenvalue weighted by Gasteiger charge is -2.16. The first-order chi connectivity index (χ1) is 9.43. The maximum atomic E-state index is 13.8. The summed E-state index contributed by atoms with van der Waals surface area (Å²) in [7, 11) is 1.46. The number of ether oxygens (including phenoxy) is 1. The number of hydrogen-bond donors (Lipinski definition) is 1. The highest BCUT2D eigenvalue weighted by atomic mass is 79.9. The van der Waals surface area contributed by atoms with Gasteiger partial charge in [0.2, 0.25) is 0 Å². The standard InChI is InChI=1S/C14H10BrCl2FO2/c1-20-13-6-10(16)8(5-11(13)17)14(19)9-4-7(15)2-3-12(9)18/h2-6,14,19H,1H3. The molecule has 0 saturated heterocycles. The first kappa shape index (κ1) is 15.6. The molecule has 0 amide bonds. The lowest BCUT2D eigenvalue weighted by molar-refractivity contribution is 0.215. The fourth-order valence-electron chi connectivity index (χ4n) is 1.80. The average Bonchev–Trinajstić information content (AvgIpc) is 2.42. The predicted octanol–water partition coefficient (Wildman–Crippen LogP) is 4.99. The molecule has 1 N–H and O–H groups in total. The van der Waals surface area contributed by atoms with Gasteiger partial charge >= 0.3 is 0 Å². The summed E-state index contributed by atoms with van der Waals surface area (Å²) in [5.74, 6) is -0.133. The number of benzene rings is 2. The SMILES string of the molecule is COc1cc(Cl)c(C(O)c2cc(Br)ccc2F)cc1Cl. The van der Waals surface area contributed by atoms with Crippen LogP contribution in [0.25, 0.3) is 0 Å². The molecule has 2 rings (SSSR count). The molecule has 6 heteroatoms. The van der Waals surface area contributed by atoms with Crippen molar-refractivity contribution in [2.45, 2.75) is 6.10 Å². The van der Waals surface area contributed by atoms with Gasteiger partial charge in [0.1, 0.15) is 17.7 Å². The summed E-state index contributed by atoms with van der Waals surface area (Å²) in [4.78, 5) is 0. The van der Waals surface area contributed by atoms with Gasteiger partial charge in [0.15, 0.2) is 0 Å². The molecule has 20 heavy (non-hydrogen) atoms. The van der Waals surface area contributed by atoms with Gasteiger partial charge in [-0.05, 0) is 24.3 Å². The van der Waals surface area contributed by atoms with Gasteiger partial charge in [0.25, 0.3) is 0 Å². The van der Waals surface area contributed by atoms with E-state index in [1.807, 2.05) is 0 Å². The van der Waals surface area contributed by atoms with E-state index < -0.39 is 11.9 Å². The van der Waals surface area contributed by atoms with Crippen LogP contribution in [0.15, 0.2) is 34.8 Å². The Morgan fingerprint density at radius 2 is 1.85 bits per heavy atom. The minimum absolute atomic E-state index is 0.113. The number of methoxy groups -OCH3 is 1. The molecule has 1 atom stereocenters. The van der Waals surface area contributed by atoms with Gasteiger partial charge in [-0.1, -0.05) is 39.1 Å². The van der Waals surface area contributed by atoms with Gasteiger partial charge in [-0.15, -0.1) is 0 Å². The molecular formula is C14H10BrCl2FO2. The van der Waals surface area contributed by atoms with Crippen molar-refractivity contribution in [3.8, 4) is 5.75 Å². The molecule has 0 heterocycles. The summed E-state index contributed by atoms with van der Waals surface area (Å²) in [5, 5.41) is 10.9. The molecule has 2 aromatic rings. The highest BCUT2D eigenvalue weighted by Gasteiger charge is 2.20. The molecule has 0 radical (unpaired) electrons. The quantitative estimate of drug-likeness (QED) is 0.814. The maximum absolute atomic E-state index is 13.8. The summed E-state index contributed by atoms with van der Waals surface area (Å²) >= 11 is 15.3. The smallest absolute Gasteiger partial charge is 0.138 e. The van der Waals surface area contributed by atoms with Crippen LogP contribution in [0, 0.1) is 5.82 Å². The van der Waals surface area contributed by atoms with Crippen molar-refractivity contribution < 1.29 is 14.2 Å². The highest BCUT2D eigenvalue weighted by molar-refractivity contribution is 9.10. The summed E-state index contributed by atoms with van der Waals surface area (Å²) in [5.41, 5.74) is 0.428. The van der Waals surface area contributed by atoms with Crippen LogP contribution in [0.2, 0.25) is 10.0 Å². The Balaban J connectivity index is 2.50. The molecule has 0 fully saturated rings. The second kappa shape index (κ2) is 6.31. The number of halogens is 4. The van der Waals surface area contributed by atoms with Gasteiger partial charge in [0.05, 0.1) is 17.2 Å². The Labute approximate surface area is 134 Å². The van der Waals surface area contributed by atoms with Crippen molar-refractivity contribution in [3.63, 3.8) is 0 Å². The zero-order valence-electron chi connectivity index (χ0n) is 10.3. The van der Waals surface area contributed by atoms with Crippen molar-refractivity contribution in [1.29, 1.82) is 0 Å². The Morgan fingerprint density at radius 1 is 1.15 bits per heavy atom. The predicted molar refractivity (Wildman–Crippen MR) is 81.2 cm³/mol. The Kier molecular flexibility index (Phi) is 4.91. The molecule has 0 aromatic heterocycles. The molecule has 0 aliphatic carbocycles. The van der Waals surface area contributed by atoms with Crippen molar-refractivity contribution in [1.82, 2.24) is 0 Å². The van der Waals surface area contributed by atoms with E-state index in [9.17, 15) is 9.50 Å². The normalized spacial score (nSPS) is 12.3. The summed E-state index contributed by atoms with van der Waals surface area (Å²) in [6.45, 7) is 0. The molecule has 2 nitrogen and oxygen atoms in total. The molecular weight excluding hydrogens is 370 g/mol.